The van der Waals surface area contributed by atoms with Gasteiger partial charge in [-0.3, -0.25) is 10.1 Å². The van der Waals surface area contributed by atoms with Gasteiger partial charge in [-0.25, -0.2) is 9.97 Å². The van der Waals surface area contributed by atoms with Crippen LogP contribution in [0.2, 0.25) is 5.02 Å². The second kappa shape index (κ2) is 7.92. The zero-order valence-corrected chi connectivity index (χ0v) is 14.5. The first kappa shape index (κ1) is 17.9. The smallest absolute Gasteiger partial charge is 0.287 e. The first-order valence-electron chi connectivity index (χ1n) is 7.49. The molecule has 0 unspecified atom stereocenters. The summed E-state index contributed by atoms with van der Waals surface area (Å²) in [5.74, 6) is 1.39. The quantitative estimate of drug-likeness (QED) is 0.599. The van der Waals surface area contributed by atoms with E-state index in [9.17, 15) is 10.1 Å². The van der Waals surface area contributed by atoms with E-state index in [1.54, 1.807) is 19.2 Å². The molecule has 7 nitrogen and oxygen atoms in total. The van der Waals surface area contributed by atoms with Gasteiger partial charge in [0.1, 0.15) is 17.0 Å². The number of aryl methyl sites for hydroxylation is 1. The summed E-state index contributed by atoms with van der Waals surface area (Å²) in [7, 11) is 0. The zero-order chi connectivity index (χ0) is 17.7. The molecule has 0 aromatic carbocycles. The van der Waals surface area contributed by atoms with Crippen molar-refractivity contribution in [2.45, 2.75) is 27.3 Å². The highest BCUT2D eigenvalue weighted by Crippen LogP contribution is 2.24. The van der Waals surface area contributed by atoms with E-state index in [0.717, 1.165) is 5.56 Å². The molecule has 2 rings (SSSR count). The molecule has 0 atom stereocenters. The molecule has 24 heavy (non-hydrogen) atoms. The van der Waals surface area contributed by atoms with E-state index in [1.807, 2.05) is 13.8 Å². The van der Waals surface area contributed by atoms with Crippen LogP contribution >= 0.6 is 11.6 Å². The maximum atomic E-state index is 10.7. The summed E-state index contributed by atoms with van der Waals surface area (Å²) in [6.07, 6.45) is 2.90. The Morgan fingerprint density at radius 1 is 1.33 bits per heavy atom. The summed E-state index contributed by atoms with van der Waals surface area (Å²) < 4.78 is 5.53. The van der Waals surface area contributed by atoms with Gasteiger partial charge in [0, 0.05) is 18.8 Å². The van der Waals surface area contributed by atoms with Gasteiger partial charge in [0.05, 0.1) is 11.5 Å². The first-order valence-corrected chi connectivity index (χ1v) is 7.86. The van der Waals surface area contributed by atoms with Gasteiger partial charge in [-0.1, -0.05) is 25.4 Å². The van der Waals surface area contributed by atoms with E-state index < -0.39 is 4.92 Å². The van der Waals surface area contributed by atoms with Crippen molar-refractivity contribution in [2.75, 3.05) is 11.9 Å². The molecule has 0 aliphatic heterocycles. The minimum absolute atomic E-state index is 0.0329. The van der Waals surface area contributed by atoms with Gasteiger partial charge in [0.15, 0.2) is 0 Å². The molecule has 0 aliphatic rings. The highest BCUT2D eigenvalue weighted by atomic mass is 35.5. The van der Waals surface area contributed by atoms with Gasteiger partial charge in [-0.15, -0.1) is 0 Å². The third-order valence-electron chi connectivity index (χ3n) is 3.15. The third kappa shape index (κ3) is 4.79. The van der Waals surface area contributed by atoms with Crippen molar-refractivity contribution in [3.05, 3.63) is 50.8 Å². The number of hydrogen-bond acceptors (Lipinski definition) is 6. The van der Waals surface area contributed by atoms with E-state index in [-0.39, 0.29) is 5.69 Å². The normalized spacial score (nSPS) is 10.7. The molecule has 0 saturated heterocycles. The fraction of sp³-hybridized carbons (Fsp3) is 0.375. The highest BCUT2D eigenvalue weighted by molar-refractivity contribution is 6.31. The Balaban J connectivity index is 2.02. The van der Waals surface area contributed by atoms with Gasteiger partial charge in [-0.2, -0.15) is 0 Å². The Morgan fingerprint density at radius 2 is 2.08 bits per heavy atom. The number of hydrogen-bond donors (Lipinski definition) is 1. The molecule has 0 fully saturated rings. The van der Waals surface area contributed by atoms with Crippen molar-refractivity contribution in [1.82, 2.24) is 9.97 Å². The van der Waals surface area contributed by atoms with Crippen LogP contribution in [0.25, 0.3) is 0 Å². The number of anilines is 1. The van der Waals surface area contributed by atoms with Crippen LogP contribution in [0.3, 0.4) is 0 Å². The van der Waals surface area contributed by atoms with Crippen molar-refractivity contribution in [2.24, 2.45) is 5.92 Å². The number of rotatable bonds is 7. The average molecular weight is 351 g/mol. The van der Waals surface area contributed by atoms with Gasteiger partial charge >= 0.3 is 0 Å². The molecule has 2 aromatic heterocycles. The Bertz CT molecular complexity index is 737. The van der Waals surface area contributed by atoms with Crippen LogP contribution in [0.4, 0.5) is 11.5 Å². The van der Waals surface area contributed by atoms with Gasteiger partial charge < -0.3 is 10.1 Å². The van der Waals surface area contributed by atoms with E-state index >= 15 is 0 Å². The van der Waals surface area contributed by atoms with Gasteiger partial charge in [0.25, 0.3) is 5.69 Å². The SMILES string of the molecule is Cc1cc([N+](=O)[O-])cnc1NCc1cnc(OCC(C)C)c(Cl)c1. The molecule has 0 bridgehead atoms. The molecule has 0 spiro atoms. The lowest BCUT2D eigenvalue weighted by atomic mass is 10.2. The largest absolute Gasteiger partial charge is 0.476 e. The molecular weight excluding hydrogens is 332 g/mol. The van der Waals surface area contributed by atoms with Crippen LogP contribution in [-0.2, 0) is 6.54 Å². The van der Waals surface area contributed by atoms with Crippen LogP contribution in [0.15, 0.2) is 24.5 Å². The molecule has 2 aromatic rings. The van der Waals surface area contributed by atoms with Crippen LogP contribution in [-0.4, -0.2) is 21.5 Å². The number of pyridine rings is 2. The van der Waals surface area contributed by atoms with Crippen LogP contribution in [0, 0.1) is 23.0 Å². The highest BCUT2D eigenvalue weighted by Gasteiger charge is 2.10. The monoisotopic (exact) mass is 350 g/mol. The lowest BCUT2D eigenvalue weighted by Gasteiger charge is -2.11. The molecule has 0 aliphatic carbocycles. The van der Waals surface area contributed by atoms with Crippen LogP contribution in [0.1, 0.15) is 25.0 Å². The van der Waals surface area contributed by atoms with Crippen LogP contribution in [0.5, 0.6) is 5.88 Å². The standard InChI is InChI=1S/C16H19ClN4O3/c1-10(2)9-24-16-14(17)5-12(7-20-16)6-18-15-11(3)4-13(8-19-15)21(22)23/h4-5,7-8,10H,6,9H2,1-3H3,(H,18,19). The molecular formula is C16H19ClN4O3. The third-order valence-corrected chi connectivity index (χ3v) is 3.42. The minimum Gasteiger partial charge on any atom is -0.476 e. The number of aromatic nitrogens is 2. The number of nitrogens with one attached hydrogen (secondary N) is 1. The summed E-state index contributed by atoms with van der Waals surface area (Å²) in [6, 6.07) is 3.25. The Morgan fingerprint density at radius 3 is 2.67 bits per heavy atom. The van der Waals surface area contributed by atoms with E-state index in [1.165, 1.54) is 12.3 Å². The Hall–Kier alpha value is -2.41. The van der Waals surface area contributed by atoms with Crippen molar-refractivity contribution in [3.8, 4) is 5.88 Å². The predicted octanol–water partition coefficient (Wildman–Crippen LogP) is 3.99. The topological polar surface area (TPSA) is 90.2 Å². The molecule has 2 heterocycles. The van der Waals surface area contributed by atoms with Crippen molar-refractivity contribution < 1.29 is 9.66 Å². The van der Waals surface area contributed by atoms with Gasteiger partial charge in [0.2, 0.25) is 5.88 Å². The second-order valence-corrected chi connectivity index (χ2v) is 6.21. The number of halogens is 1. The number of nitro groups is 1. The van der Waals surface area contributed by atoms with E-state index in [4.69, 9.17) is 16.3 Å². The molecule has 128 valence electrons. The zero-order valence-electron chi connectivity index (χ0n) is 13.7. The summed E-state index contributed by atoms with van der Waals surface area (Å²) in [6.45, 7) is 6.85. The summed E-state index contributed by atoms with van der Waals surface area (Å²) in [4.78, 5) is 18.5. The fourth-order valence-electron chi connectivity index (χ4n) is 1.94. The number of ether oxygens (including phenoxy) is 1. The van der Waals surface area contributed by atoms with Crippen molar-refractivity contribution in [1.29, 1.82) is 0 Å². The molecule has 0 saturated carbocycles. The van der Waals surface area contributed by atoms with Crippen LogP contribution < -0.4 is 10.1 Å². The summed E-state index contributed by atoms with van der Waals surface area (Å²) in [5, 5.41) is 14.3. The molecule has 0 amide bonds. The maximum absolute atomic E-state index is 10.7. The second-order valence-electron chi connectivity index (χ2n) is 5.81. The predicted molar refractivity (Wildman–Crippen MR) is 92.5 cm³/mol. The van der Waals surface area contributed by atoms with Crippen molar-refractivity contribution in [3.63, 3.8) is 0 Å². The summed E-state index contributed by atoms with van der Waals surface area (Å²) >= 11 is 6.18. The van der Waals surface area contributed by atoms with E-state index in [0.29, 0.717) is 41.4 Å². The molecule has 8 heteroatoms. The first-order chi connectivity index (χ1) is 11.4. The summed E-state index contributed by atoms with van der Waals surface area (Å²) in [5.41, 5.74) is 1.52. The average Bonchev–Trinajstić information content (AvgIpc) is 2.52. The Labute approximate surface area is 145 Å². The van der Waals surface area contributed by atoms with Crippen molar-refractivity contribution >= 4 is 23.1 Å². The number of nitrogens with zero attached hydrogens (tertiary/aromatic N) is 3. The fourth-order valence-corrected chi connectivity index (χ4v) is 2.19. The van der Waals surface area contributed by atoms with E-state index in [2.05, 4.69) is 15.3 Å². The molecule has 1 N–H and O–H groups in total. The maximum Gasteiger partial charge on any atom is 0.287 e. The Kier molecular flexibility index (Phi) is 5.92. The lowest BCUT2D eigenvalue weighted by molar-refractivity contribution is -0.385. The molecule has 0 radical (unpaired) electrons. The minimum atomic E-state index is -0.469. The van der Waals surface area contributed by atoms with Gasteiger partial charge in [-0.05, 0) is 30.0 Å². The lowest BCUT2D eigenvalue weighted by Crippen LogP contribution is -2.07.